The Bertz CT molecular complexity index is 1450. The third-order valence-electron chi connectivity index (χ3n) is 9.36. The minimum Gasteiger partial charge on any atom is -0.489 e. The van der Waals surface area contributed by atoms with E-state index in [9.17, 15) is 4.79 Å². The molecule has 0 unspecified atom stereocenters. The Morgan fingerprint density at radius 3 is 2.51 bits per heavy atom. The summed E-state index contributed by atoms with van der Waals surface area (Å²) in [6.07, 6.45) is 5.39. The van der Waals surface area contributed by atoms with Crippen LogP contribution in [0.25, 0.3) is 11.3 Å². The van der Waals surface area contributed by atoms with Gasteiger partial charge in [-0.2, -0.15) is 4.98 Å². The number of carbonyl (C=O) groups is 1. The fourth-order valence-electron chi connectivity index (χ4n) is 6.48. The van der Waals surface area contributed by atoms with Gasteiger partial charge in [0.2, 0.25) is 11.9 Å². The number of anilines is 2. The Morgan fingerprint density at radius 2 is 1.79 bits per heavy atom. The maximum Gasteiger partial charge on any atom is 0.223 e. The molecule has 0 atom stereocenters. The summed E-state index contributed by atoms with van der Waals surface area (Å²) in [5, 5.41) is 0.718. The number of aryl methyl sites for hydroxylation is 1. The fraction of sp³-hybridized carbons (Fsp3) is 0.485. The topological polar surface area (TPSA) is 120 Å². The molecule has 0 bridgehead atoms. The Kier molecular flexibility index (Phi) is 8.75. The second-order valence-corrected chi connectivity index (χ2v) is 12.7. The summed E-state index contributed by atoms with van der Waals surface area (Å²) in [6, 6.07) is 13.9. The van der Waals surface area contributed by atoms with Gasteiger partial charge in [0.05, 0.1) is 18.4 Å². The molecule has 228 valence electrons. The number of benzene rings is 2. The second kappa shape index (κ2) is 12.7. The van der Waals surface area contributed by atoms with Gasteiger partial charge in [0, 0.05) is 54.3 Å². The number of primary amides is 1. The number of halogens is 1. The smallest absolute Gasteiger partial charge is 0.223 e. The predicted octanol–water partition coefficient (Wildman–Crippen LogP) is 4.63. The molecule has 1 saturated carbocycles. The zero-order valence-corrected chi connectivity index (χ0v) is 25.6. The molecule has 3 aliphatic rings. The van der Waals surface area contributed by atoms with E-state index in [4.69, 9.17) is 42.5 Å². The molecule has 0 radical (unpaired) electrons. The lowest BCUT2D eigenvalue weighted by Gasteiger charge is -2.38. The monoisotopic (exact) mass is 604 g/mol. The molecule has 2 fully saturated rings. The summed E-state index contributed by atoms with van der Waals surface area (Å²) in [5.74, 6) is 1.92. The van der Waals surface area contributed by atoms with Gasteiger partial charge in [-0.05, 0) is 80.0 Å². The Labute approximate surface area is 258 Å². The number of nitrogen functional groups attached to an aromatic ring is 1. The number of carbonyl (C=O) groups excluding carboxylic acids is 1. The fourth-order valence-corrected chi connectivity index (χ4v) is 6.61. The minimum absolute atomic E-state index is 0.190. The highest BCUT2D eigenvalue weighted by Crippen LogP contribution is 2.39. The number of hydrogen-bond acceptors (Lipinski definition) is 8. The largest absolute Gasteiger partial charge is 0.489 e. The Hall–Kier alpha value is -3.40. The van der Waals surface area contributed by atoms with Crippen LogP contribution in [0, 0.1) is 5.41 Å². The molecule has 6 rings (SSSR count). The second-order valence-electron chi connectivity index (χ2n) is 12.3. The zero-order chi connectivity index (χ0) is 30.0. The van der Waals surface area contributed by atoms with Gasteiger partial charge in [-0.25, -0.2) is 4.98 Å². The molecule has 2 aromatic carbocycles. The Balaban J connectivity index is 1.04. The maximum absolute atomic E-state index is 11.7. The normalized spacial score (nSPS) is 22.1. The molecular formula is C33H41ClN6O3. The number of fused-ring (bicyclic) bond motifs is 3. The summed E-state index contributed by atoms with van der Waals surface area (Å²) in [5.41, 5.74) is 17.0. The van der Waals surface area contributed by atoms with E-state index in [1.54, 1.807) is 0 Å². The van der Waals surface area contributed by atoms with E-state index >= 15 is 0 Å². The molecule has 1 aromatic heterocycles. The van der Waals surface area contributed by atoms with E-state index in [0.29, 0.717) is 19.2 Å². The van der Waals surface area contributed by atoms with Gasteiger partial charge in [-0.3, -0.25) is 9.69 Å². The van der Waals surface area contributed by atoms with Crippen LogP contribution in [0.15, 0.2) is 42.5 Å². The number of ether oxygens (including phenoxy) is 2. The van der Waals surface area contributed by atoms with Gasteiger partial charge in [0.15, 0.2) is 0 Å². The van der Waals surface area contributed by atoms with Gasteiger partial charge in [-0.15, -0.1) is 0 Å². The van der Waals surface area contributed by atoms with Gasteiger partial charge >= 0.3 is 0 Å². The summed E-state index contributed by atoms with van der Waals surface area (Å²) < 4.78 is 12.3. The highest BCUT2D eigenvalue weighted by molar-refractivity contribution is 6.30. The van der Waals surface area contributed by atoms with Crippen molar-refractivity contribution in [3.8, 4) is 17.0 Å². The van der Waals surface area contributed by atoms with Gasteiger partial charge in [-0.1, -0.05) is 30.7 Å². The van der Waals surface area contributed by atoms with E-state index in [-0.39, 0.29) is 17.4 Å². The van der Waals surface area contributed by atoms with Crippen LogP contribution >= 0.6 is 11.6 Å². The molecule has 43 heavy (non-hydrogen) atoms. The summed E-state index contributed by atoms with van der Waals surface area (Å²) in [6.45, 7) is 7.71. The number of amides is 1. The van der Waals surface area contributed by atoms with E-state index in [1.807, 2.05) is 37.3 Å². The number of nitrogens with two attached hydrogens (primary N) is 2. The van der Waals surface area contributed by atoms with Crippen molar-refractivity contribution in [2.75, 3.05) is 50.0 Å². The summed E-state index contributed by atoms with van der Waals surface area (Å²) >= 11 is 6.00. The summed E-state index contributed by atoms with van der Waals surface area (Å²) in [4.78, 5) is 25.9. The van der Waals surface area contributed by atoms with Crippen LogP contribution in [0.5, 0.6) is 5.75 Å². The van der Waals surface area contributed by atoms with Crippen molar-refractivity contribution >= 4 is 29.3 Å². The predicted molar refractivity (Wildman–Crippen MR) is 169 cm³/mol. The first-order chi connectivity index (χ1) is 20.8. The van der Waals surface area contributed by atoms with Crippen LogP contribution in [-0.4, -0.2) is 66.2 Å². The van der Waals surface area contributed by atoms with Crippen LogP contribution in [-0.2, 0) is 29.0 Å². The SMILES string of the molecule is CC1(C(N)=O)CCC(OCCN2CCN(c3nc(N)nc4c3CCc3cc(OCc5ccc(Cl)cc5)ccc3-4)CC2)CC1. The van der Waals surface area contributed by atoms with Gasteiger partial charge in [0.1, 0.15) is 18.2 Å². The third kappa shape index (κ3) is 6.74. The molecular weight excluding hydrogens is 564 g/mol. The highest BCUT2D eigenvalue weighted by Gasteiger charge is 2.36. The molecule has 9 nitrogen and oxygen atoms in total. The van der Waals surface area contributed by atoms with Crippen molar-refractivity contribution in [3.05, 3.63) is 64.2 Å². The average Bonchev–Trinajstić information content (AvgIpc) is 3.01. The number of hydrogen-bond donors (Lipinski definition) is 2. The number of rotatable bonds is 9. The van der Waals surface area contributed by atoms with Crippen molar-refractivity contribution in [2.45, 2.75) is 58.2 Å². The molecule has 3 aromatic rings. The molecule has 1 saturated heterocycles. The standard InChI is InChI=1S/C33H41ClN6O3/c1-33(31(35)41)12-10-25(11-13-33)42-19-18-39-14-16-40(17-15-39)30-28-8-4-23-20-26(43-21-22-2-5-24(34)6-3-22)7-9-27(23)29(28)37-32(36)38-30/h2-3,5-7,9,20,25H,4,8,10-19,21H2,1H3,(H2,35,41)(H2,36,37,38). The zero-order valence-electron chi connectivity index (χ0n) is 24.9. The van der Waals surface area contributed by atoms with Crippen LogP contribution in [0.3, 0.4) is 0 Å². The number of piperazine rings is 1. The number of aromatic nitrogens is 2. The molecule has 2 heterocycles. The van der Waals surface area contributed by atoms with Crippen molar-refractivity contribution in [3.63, 3.8) is 0 Å². The molecule has 1 aliphatic heterocycles. The molecule has 10 heteroatoms. The van der Waals surface area contributed by atoms with E-state index in [1.165, 1.54) is 11.1 Å². The van der Waals surface area contributed by atoms with Gasteiger partial charge < -0.3 is 25.8 Å². The first-order valence-corrected chi connectivity index (χ1v) is 15.7. The lowest BCUT2D eigenvalue weighted by atomic mass is 9.74. The molecule has 1 amide bonds. The van der Waals surface area contributed by atoms with Crippen LogP contribution in [0.2, 0.25) is 5.02 Å². The van der Waals surface area contributed by atoms with Crippen LogP contribution in [0.1, 0.15) is 49.3 Å². The first kappa shape index (κ1) is 29.7. The highest BCUT2D eigenvalue weighted by atomic mass is 35.5. The summed E-state index contributed by atoms with van der Waals surface area (Å²) in [7, 11) is 0. The lowest BCUT2D eigenvalue weighted by molar-refractivity contribution is -0.130. The van der Waals surface area contributed by atoms with E-state index in [2.05, 4.69) is 21.9 Å². The van der Waals surface area contributed by atoms with Crippen LogP contribution in [0.4, 0.5) is 11.8 Å². The average molecular weight is 605 g/mol. The Morgan fingerprint density at radius 1 is 1.05 bits per heavy atom. The lowest BCUT2D eigenvalue weighted by Crippen LogP contribution is -2.48. The van der Waals surface area contributed by atoms with Crippen molar-refractivity contribution < 1.29 is 14.3 Å². The minimum atomic E-state index is -0.377. The van der Waals surface area contributed by atoms with Crippen LogP contribution < -0.4 is 21.1 Å². The van der Waals surface area contributed by atoms with E-state index < -0.39 is 0 Å². The van der Waals surface area contributed by atoms with Gasteiger partial charge in [0.25, 0.3) is 0 Å². The number of nitrogens with zero attached hydrogens (tertiary/aromatic N) is 4. The van der Waals surface area contributed by atoms with E-state index in [0.717, 1.165) is 105 Å². The molecule has 4 N–H and O–H groups in total. The van der Waals surface area contributed by atoms with Crippen molar-refractivity contribution in [1.82, 2.24) is 14.9 Å². The molecule has 2 aliphatic carbocycles. The third-order valence-corrected chi connectivity index (χ3v) is 9.61. The van der Waals surface area contributed by atoms with Crippen molar-refractivity contribution in [1.29, 1.82) is 0 Å². The molecule has 0 spiro atoms. The first-order valence-electron chi connectivity index (χ1n) is 15.3. The quantitative estimate of drug-likeness (QED) is 0.363. The maximum atomic E-state index is 11.7. The van der Waals surface area contributed by atoms with Crippen molar-refractivity contribution in [2.24, 2.45) is 11.1 Å².